The second-order valence-corrected chi connectivity index (χ2v) is 6.82. The SMILES string of the molecule is CCOC(=O)c1c(NC(=O)c2ccc([N+](=O)[O-])o2)n(CCOC)c2nc3ccccc3nc12. The molecule has 12 nitrogen and oxygen atoms in total. The van der Waals surface area contributed by atoms with Crippen LogP contribution in [0.4, 0.5) is 11.7 Å². The first-order valence-electron chi connectivity index (χ1n) is 9.95. The van der Waals surface area contributed by atoms with Crippen LogP contribution >= 0.6 is 0 Å². The lowest BCUT2D eigenvalue weighted by atomic mass is 10.2. The van der Waals surface area contributed by atoms with Gasteiger partial charge in [-0.2, -0.15) is 0 Å². The minimum absolute atomic E-state index is 0.00983. The molecule has 1 amide bonds. The average Bonchev–Trinajstić information content (AvgIpc) is 3.40. The van der Waals surface area contributed by atoms with Crippen LogP contribution in [0.15, 0.2) is 40.8 Å². The largest absolute Gasteiger partial charge is 0.462 e. The third-order valence-electron chi connectivity index (χ3n) is 4.78. The predicted molar refractivity (Wildman–Crippen MR) is 116 cm³/mol. The molecular formula is C21H19N5O7. The van der Waals surface area contributed by atoms with E-state index in [4.69, 9.17) is 13.9 Å². The number of methoxy groups -OCH3 is 1. The molecule has 3 heterocycles. The van der Waals surface area contributed by atoms with Crippen molar-refractivity contribution >= 4 is 45.8 Å². The van der Waals surface area contributed by atoms with E-state index in [2.05, 4.69) is 15.3 Å². The molecule has 0 aliphatic heterocycles. The Labute approximate surface area is 186 Å². The molecule has 33 heavy (non-hydrogen) atoms. The number of nitro groups is 1. The summed E-state index contributed by atoms with van der Waals surface area (Å²) in [5, 5.41) is 13.5. The fourth-order valence-corrected chi connectivity index (χ4v) is 3.34. The van der Waals surface area contributed by atoms with Gasteiger partial charge in [-0.05, 0) is 25.1 Å². The molecule has 0 atom stereocenters. The van der Waals surface area contributed by atoms with Gasteiger partial charge in [0.2, 0.25) is 0 Å². The van der Waals surface area contributed by atoms with Crippen LogP contribution in [0.5, 0.6) is 0 Å². The summed E-state index contributed by atoms with van der Waals surface area (Å²) in [6, 6.07) is 9.37. The average molecular weight is 453 g/mol. The van der Waals surface area contributed by atoms with Gasteiger partial charge in [-0.1, -0.05) is 12.1 Å². The van der Waals surface area contributed by atoms with E-state index in [0.717, 1.165) is 6.07 Å². The summed E-state index contributed by atoms with van der Waals surface area (Å²) in [6.07, 6.45) is 0. The first kappa shape index (κ1) is 21.9. The molecule has 4 aromatic rings. The summed E-state index contributed by atoms with van der Waals surface area (Å²) >= 11 is 0. The molecule has 0 aliphatic carbocycles. The van der Waals surface area contributed by atoms with Crippen LogP contribution in [0.3, 0.4) is 0 Å². The molecule has 0 spiro atoms. The van der Waals surface area contributed by atoms with E-state index in [1.54, 1.807) is 29.7 Å². The van der Waals surface area contributed by atoms with Crippen molar-refractivity contribution in [1.29, 1.82) is 0 Å². The van der Waals surface area contributed by atoms with Crippen LogP contribution in [-0.2, 0) is 16.0 Å². The lowest BCUT2D eigenvalue weighted by Crippen LogP contribution is -2.19. The summed E-state index contributed by atoms with van der Waals surface area (Å²) in [6.45, 7) is 2.23. The summed E-state index contributed by atoms with van der Waals surface area (Å²) < 4.78 is 17.0. The molecule has 4 rings (SSSR count). The van der Waals surface area contributed by atoms with Gasteiger partial charge in [0.1, 0.15) is 21.8 Å². The number of hydrogen-bond acceptors (Lipinski definition) is 9. The number of furan rings is 1. The minimum Gasteiger partial charge on any atom is -0.462 e. The van der Waals surface area contributed by atoms with Crippen molar-refractivity contribution in [1.82, 2.24) is 14.5 Å². The first-order chi connectivity index (χ1) is 15.9. The molecule has 0 saturated carbocycles. The number of fused-ring (bicyclic) bond motifs is 2. The van der Waals surface area contributed by atoms with E-state index in [1.807, 2.05) is 6.07 Å². The van der Waals surface area contributed by atoms with E-state index in [9.17, 15) is 19.7 Å². The molecule has 0 saturated heterocycles. The van der Waals surface area contributed by atoms with Gasteiger partial charge in [0, 0.05) is 13.7 Å². The van der Waals surface area contributed by atoms with Crippen LogP contribution in [-0.4, -0.2) is 51.7 Å². The Balaban J connectivity index is 1.91. The minimum atomic E-state index is -0.792. The normalized spacial score (nSPS) is 11.1. The molecule has 0 fully saturated rings. The number of carbonyl (C=O) groups is 2. The number of nitrogens with one attached hydrogen (secondary N) is 1. The highest BCUT2D eigenvalue weighted by Gasteiger charge is 2.29. The molecule has 0 radical (unpaired) electrons. The molecule has 170 valence electrons. The van der Waals surface area contributed by atoms with Gasteiger partial charge in [-0.15, -0.1) is 0 Å². The highest BCUT2D eigenvalue weighted by molar-refractivity contribution is 6.13. The highest BCUT2D eigenvalue weighted by Crippen LogP contribution is 2.31. The highest BCUT2D eigenvalue weighted by atomic mass is 16.6. The number of esters is 1. The number of rotatable bonds is 8. The van der Waals surface area contributed by atoms with Crippen molar-refractivity contribution in [2.75, 3.05) is 25.6 Å². The third kappa shape index (κ3) is 4.11. The van der Waals surface area contributed by atoms with Gasteiger partial charge in [0.05, 0.1) is 30.3 Å². The predicted octanol–water partition coefficient (Wildman–Crippen LogP) is 3.16. The number of carbonyl (C=O) groups excluding carboxylic acids is 2. The van der Waals surface area contributed by atoms with Crippen LogP contribution in [0.2, 0.25) is 0 Å². The Bertz CT molecular complexity index is 1370. The molecule has 3 aromatic heterocycles. The van der Waals surface area contributed by atoms with E-state index in [1.165, 1.54) is 13.2 Å². The third-order valence-corrected chi connectivity index (χ3v) is 4.78. The molecule has 1 aromatic carbocycles. The van der Waals surface area contributed by atoms with E-state index >= 15 is 0 Å². The summed E-state index contributed by atoms with van der Waals surface area (Å²) in [4.78, 5) is 45.1. The van der Waals surface area contributed by atoms with Crippen molar-refractivity contribution < 1.29 is 28.4 Å². The smallest absolute Gasteiger partial charge is 0.433 e. The lowest BCUT2D eigenvalue weighted by molar-refractivity contribution is -0.402. The van der Waals surface area contributed by atoms with Crippen molar-refractivity contribution in [3.05, 3.63) is 57.8 Å². The van der Waals surface area contributed by atoms with Gasteiger partial charge < -0.3 is 23.8 Å². The number of aromatic nitrogens is 3. The molecule has 0 bridgehead atoms. The Morgan fingerprint density at radius 1 is 1.18 bits per heavy atom. The summed E-state index contributed by atoms with van der Waals surface area (Å²) in [5.74, 6) is -2.31. The van der Waals surface area contributed by atoms with Crippen molar-refractivity contribution in [2.45, 2.75) is 13.5 Å². The van der Waals surface area contributed by atoms with Crippen LogP contribution in [0, 0.1) is 10.1 Å². The second-order valence-electron chi connectivity index (χ2n) is 6.82. The van der Waals surface area contributed by atoms with Gasteiger partial charge in [-0.25, -0.2) is 14.8 Å². The summed E-state index contributed by atoms with van der Waals surface area (Å²) in [7, 11) is 1.51. The van der Waals surface area contributed by atoms with Crippen molar-refractivity contribution in [2.24, 2.45) is 0 Å². The summed E-state index contributed by atoms with van der Waals surface area (Å²) in [5.41, 5.74) is 1.74. The molecule has 1 N–H and O–H groups in total. The fourth-order valence-electron chi connectivity index (χ4n) is 3.34. The van der Waals surface area contributed by atoms with Gasteiger partial charge >= 0.3 is 11.9 Å². The zero-order valence-electron chi connectivity index (χ0n) is 17.7. The number of hydrogen-bond donors (Lipinski definition) is 1. The van der Waals surface area contributed by atoms with Gasteiger partial charge in [0.15, 0.2) is 11.4 Å². The number of ether oxygens (including phenoxy) is 2. The van der Waals surface area contributed by atoms with E-state index in [-0.39, 0.29) is 42.4 Å². The Kier molecular flexibility index (Phi) is 6.00. The number of amides is 1. The van der Waals surface area contributed by atoms with E-state index < -0.39 is 22.7 Å². The molecule has 0 aliphatic rings. The topological polar surface area (TPSA) is 152 Å². The Morgan fingerprint density at radius 3 is 2.55 bits per heavy atom. The zero-order chi connectivity index (χ0) is 23.5. The number of para-hydroxylation sites is 2. The van der Waals surface area contributed by atoms with Gasteiger partial charge in [-0.3, -0.25) is 14.9 Å². The van der Waals surface area contributed by atoms with Crippen LogP contribution in [0.25, 0.3) is 22.2 Å². The maximum absolute atomic E-state index is 12.9. The standard InChI is InChI=1S/C21H19N5O7/c1-3-32-21(28)16-17-19(23-13-7-5-4-6-12(13)22-17)25(10-11-31-2)18(16)24-20(27)14-8-9-15(33-14)26(29)30/h4-9H,3,10-11H2,1-2H3,(H,24,27). The van der Waals surface area contributed by atoms with Crippen molar-refractivity contribution in [3.8, 4) is 0 Å². The first-order valence-corrected chi connectivity index (χ1v) is 9.95. The monoisotopic (exact) mass is 453 g/mol. The maximum Gasteiger partial charge on any atom is 0.433 e. The quantitative estimate of drug-likeness (QED) is 0.241. The van der Waals surface area contributed by atoms with E-state index in [0.29, 0.717) is 16.7 Å². The Hall–Kier alpha value is -4.32. The van der Waals surface area contributed by atoms with Crippen molar-refractivity contribution in [3.63, 3.8) is 0 Å². The number of nitrogens with zero attached hydrogens (tertiary/aromatic N) is 4. The molecule has 12 heteroatoms. The molecule has 0 unspecified atom stereocenters. The maximum atomic E-state index is 12.9. The molecular weight excluding hydrogens is 434 g/mol. The van der Waals surface area contributed by atoms with Gasteiger partial charge in [0.25, 0.3) is 5.91 Å². The lowest BCUT2D eigenvalue weighted by Gasteiger charge is -2.11. The zero-order valence-corrected chi connectivity index (χ0v) is 17.7. The fraction of sp³-hybridized carbons (Fsp3) is 0.238. The number of benzene rings is 1. The Morgan fingerprint density at radius 2 is 1.91 bits per heavy atom. The van der Waals surface area contributed by atoms with Crippen LogP contribution < -0.4 is 5.32 Å². The van der Waals surface area contributed by atoms with Crippen LogP contribution in [0.1, 0.15) is 27.8 Å². The second kappa shape index (κ2) is 9.04. The number of anilines is 1.